The Labute approximate surface area is 156 Å². The second kappa shape index (κ2) is 8.02. The number of aromatic nitrogens is 2. The average molecular weight is 354 g/mol. The van der Waals surface area contributed by atoms with Gasteiger partial charge in [-0.1, -0.05) is 26.0 Å². The van der Waals surface area contributed by atoms with Gasteiger partial charge in [0.05, 0.1) is 5.52 Å². The smallest absolute Gasteiger partial charge is 0.221 e. The zero-order valence-corrected chi connectivity index (χ0v) is 16.3. The Bertz CT molecular complexity index is 768. The van der Waals surface area contributed by atoms with Crippen LogP contribution in [-0.2, 0) is 4.79 Å². The Morgan fingerprint density at radius 3 is 2.58 bits per heavy atom. The minimum Gasteiger partial charge on any atom is -0.356 e. The lowest BCUT2D eigenvalue weighted by Gasteiger charge is -2.29. The van der Waals surface area contributed by atoms with Gasteiger partial charge in [0.2, 0.25) is 5.91 Å². The van der Waals surface area contributed by atoms with E-state index in [9.17, 15) is 4.79 Å². The third-order valence-corrected chi connectivity index (χ3v) is 4.73. The van der Waals surface area contributed by atoms with Crippen LogP contribution in [-0.4, -0.2) is 35.0 Å². The molecule has 5 heteroatoms. The topological polar surface area (TPSA) is 58.1 Å². The summed E-state index contributed by atoms with van der Waals surface area (Å²) in [7, 11) is 0. The van der Waals surface area contributed by atoms with Crippen LogP contribution in [0, 0.1) is 5.92 Å². The van der Waals surface area contributed by atoms with Gasteiger partial charge in [0, 0.05) is 36.9 Å². The molecule has 0 aliphatic heterocycles. The molecule has 1 aromatic heterocycles. The number of carbonyl (C=O) groups is 1. The largest absolute Gasteiger partial charge is 0.356 e. The first-order chi connectivity index (χ1) is 12.5. The van der Waals surface area contributed by atoms with Gasteiger partial charge >= 0.3 is 0 Å². The van der Waals surface area contributed by atoms with Gasteiger partial charge in [-0.2, -0.15) is 0 Å². The Hall–Kier alpha value is -2.17. The molecule has 140 valence electrons. The van der Waals surface area contributed by atoms with Crippen molar-refractivity contribution in [3.63, 3.8) is 0 Å². The number of benzene rings is 1. The first-order valence-corrected chi connectivity index (χ1v) is 9.75. The van der Waals surface area contributed by atoms with Gasteiger partial charge in [0.25, 0.3) is 0 Å². The molecule has 0 atom stereocenters. The fourth-order valence-electron chi connectivity index (χ4n) is 3.06. The molecule has 5 nitrogen and oxygen atoms in total. The Morgan fingerprint density at radius 2 is 1.92 bits per heavy atom. The number of nitrogens with zero attached hydrogens (tertiary/aromatic N) is 3. The summed E-state index contributed by atoms with van der Waals surface area (Å²) >= 11 is 0. The van der Waals surface area contributed by atoms with Gasteiger partial charge in [-0.15, -0.1) is 0 Å². The third-order valence-electron chi connectivity index (χ3n) is 4.73. The average Bonchev–Trinajstić information content (AvgIpc) is 3.44. The summed E-state index contributed by atoms with van der Waals surface area (Å²) < 4.78 is 0. The maximum absolute atomic E-state index is 12.2. The van der Waals surface area contributed by atoms with E-state index in [2.05, 4.69) is 50.0 Å². The lowest BCUT2D eigenvalue weighted by molar-refractivity contribution is -0.121. The van der Waals surface area contributed by atoms with Crippen LogP contribution in [0.5, 0.6) is 0 Å². The van der Waals surface area contributed by atoms with E-state index in [-0.39, 0.29) is 11.9 Å². The summed E-state index contributed by atoms with van der Waals surface area (Å²) in [6.07, 6.45) is 2.83. The maximum atomic E-state index is 12.2. The van der Waals surface area contributed by atoms with E-state index < -0.39 is 0 Å². The van der Waals surface area contributed by atoms with Crippen LogP contribution in [0.4, 0.5) is 5.82 Å². The van der Waals surface area contributed by atoms with Crippen LogP contribution in [0.2, 0.25) is 0 Å². The normalized spacial score (nSPS) is 14.2. The molecule has 1 fully saturated rings. The first kappa shape index (κ1) is 18.6. The van der Waals surface area contributed by atoms with Crippen molar-refractivity contribution in [3.8, 4) is 0 Å². The van der Waals surface area contributed by atoms with E-state index in [4.69, 9.17) is 9.97 Å². The minimum atomic E-state index is 0.102. The van der Waals surface area contributed by atoms with Crippen LogP contribution in [0.3, 0.4) is 0 Å². The lowest BCUT2D eigenvalue weighted by atomic mass is 10.1. The summed E-state index contributed by atoms with van der Waals surface area (Å²) in [5.41, 5.74) is 0.995. The van der Waals surface area contributed by atoms with Crippen LogP contribution < -0.4 is 10.2 Å². The summed E-state index contributed by atoms with van der Waals surface area (Å²) in [5.74, 6) is 2.98. The van der Waals surface area contributed by atoms with Crippen LogP contribution in [0.15, 0.2) is 24.3 Å². The molecule has 1 aliphatic carbocycles. The predicted molar refractivity (Wildman–Crippen MR) is 106 cm³/mol. The summed E-state index contributed by atoms with van der Waals surface area (Å²) in [6.45, 7) is 9.90. The molecule has 1 N–H and O–H groups in total. The van der Waals surface area contributed by atoms with E-state index in [1.165, 1.54) is 12.8 Å². The molecule has 1 heterocycles. The maximum Gasteiger partial charge on any atom is 0.221 e. The zero-order chi connectivity index (χ0) is 18.7. The Kier molecular flexibility index (Phi) is 5.74. The number of amides is 1. The number of rotatable bonds is 8. The summed E-state index contributed by atoms with van der Waals surface area (Å²) in [4.78, 5) is 24.1. The van der Waals surface area contributed by atoms with E-state index in [0.717, 1.165) is 29.1 Å². The van der Waals surface area contributed by atoms with Gasteiger partial charge in [-0.25, -0.2) is 9.97 Å². The molecule has 1 aromatic carbocycles. The fraction of sp³-hybridized carbons (Fsp3) is 0.571. The molecule has 2 aromatic rings. The lowest BCUT2D eigenvalue weighted by Crippen LogP contribution is -2.37. The molecule has 3 rings (SSSR count). The van der Waals surface area contributed by atoms with E-state index in [1.54, 1.807) is 0 Å². The van der Waals surface area contributed by atoms with Gasteiger partial charge in [0.1, 0.15) is 11.6 Å². The Balaban J connectivity index is 1.84. The van der Waals surface area contributed by atoms with Gasteiger partial charge in [-0.05, 0) is 44.7 Å². The second-order valence-corrected chi connectivity index (χ2v) is 7.93. The van der Waals surface area contributed by atoms with Gasteiger partial charge in [-0.3, -0.25) is 4.79 Å². The summed E-state index contributed by atoms with van der Waals surface area (Å²) in [6, 6.07) is 8.45. The highest BCUT2D eigenvalue weighted by Gasteiger charge is 2.28. The number of fused-ring (bicyclic) bond motifs is 1. The zero-order valence-electron chi connectivity index (χ0n) is 16.3. The molecule has 0 radical (unpaired) electrons. The van der Waals surface area contributed by atoms with Crippen molar-refractivity contribution < 1.29 is 4.79 Å². The monoisotopic (exact) mass is 354 g/mol. The van der Waals surface area contributed by atoms with E-state index >= 15 is 0 Å². The van der Waals surface area contributed by atoms with Gasteiger partial charge in [0.15, 0.2) is 0 Å². The highest BCUT2D eigenvalue weighted by Crippen LogP contribution is 2.40. The molecule has 0 spiro atoms. The van der Waals surface area contributed by atoms with Crippen molar-refractivity contribution in [3.05, 3.63) is 30.1 Å². The standard InChI is InChI=1S/C21H30N4O/c1-14(2)13-22-19(26)11-12-25(15(3)4)21-17-7-5-6-8-18(17)23-20(24-21)16-9-10-16/h5-8,14-16H,9-13H2,1-4H3,(H,22,26). The van der Waals surface area contributed by atoms with E-state index in [1.807, 2.05) is 12.1 Å². The second-order valence-electron chi connectivity index (χ2n) is 7.93. The van der Waals surface area contributed by atoms with Crippen molar-refractivity contribution in [1.82, 2.24) is 15.3 Å². The highest BCUT2D eigenvalue weighted by molar-refractivity contribution is 5.90. The van der Waals surface area contributed by atoms with Crippen LogP contribution in [0.1, 0.15) is 58.7 Å². The molecular weight excluding hydrogens is 324 g/mol. The quantitative estimate of drug-likeness (QED) is 0.781. The van der Waals surface area contributed by atoms with Crippen LogP contribution >= 0.6 is 0 Å². The molecule has 26 heavy (non-hydrogen) atoms. The number of nitrogens with one attached hydrogen (secondary N) is 1. The molecule has 1 aliphatic rings. The number of hydrogen-bond donors (Lipinski definition) is 1. The molecule has 0 bridgehead atoms. The molecular formula is C21H30N4O. The van der Waals surface area contributed by atoms with Crippen molar-refractivity contribution in [1.29, 1.82) is 0 Å². The predicted octanol–water partition coefficient (Wildman–Crippen LogP) is 3.88. The molecule has 0 saturated heterocycles. The van der Waals surface area contributed by atoms with E-state index in [0.29, 0.717) is 24.8 Å². The summed E-state index contributed by atoms with van der Waals surface area (Å²) in [5, 5.41) is 4.07. The van der Waals surface area contributed by atoms with Crippen molar-refractivity contribution in [2.24, 2.45) is 5.92 Å². The number of carbonyl (C=O) groups excluding carboxylic acids is 1. The fourth-order valence-corrected chi connectivity index (χ4v) is 3.06. The molecule has 0 unspecified atom stereocenters. The number of para-hydroxylation sites is 1. The molecule has 1 saturated carbocycles. The van der Waals surface area contributed by atoms with Crippen molar-refractivity contribution >= 4 is 22.6 Å². The van der Waals surface area contributed by atoms with Crippen LogP contribution in [0.25, 0.3) is 10.9 Å². The number of hydrogen-bond acceptors (Lipinski definition) is 4. The van der Waals surface area contributed by atoms with Crippen molar-refractivity contribution in [2.45, 2.75) is 58.9 Å². The third kappa shape index (κ3) is 4.51. The first-order valence-electron chi connectivity index (χ1n) is 9.75. The number of anilines is 1. The Morgan fingerprint density at radius 1 is 1.19 bits per heavy atom. The SMILES string of the molecule is CC(C)CNC(=O)CCN(c1nc(C2CC2)nc2ccccc12)C(C)C. The molecule has 1 amide bonds. The minimum absolute atomic E-state index is 0.102. The van der Waals surface area contributed by atoms with Gasteiger partial charge < -0.3 is 10.2 Å². The van der Waals surface area contributed by atoms with Crippen molar-refractivity contribution in [2.75, 3.05) is 18.0 Å². The highest BCUT2D eigenvalue weighted by atomic mass is 16.1.